The minimum absolute atomic E-state index is 0.0268. The summed E-state index contributed by atoms with van der Waals surface area (Å²) < 4.78 is 12.3. The maximum Gasteiger partial charge on any atom is 0.266 e. The van der Waals surface area contributed by atoms with E-state index in [0.717, 1.165) is 5.56 Å². The van der Waals surface area contributed by atoms with E-state index in [1.165, 1.54) is 14.2 Å². The van der Waals surface area contributed by atoms with Crippen LogP contribution in [0.2, 0.25) is 0 Å². The highest BCUT2D eigenvalue weighted by molar-refractivity contribution is 6.12. The number of aromatic hydroxyl groups is 2. The Morgan fingerprint density at radius 2 is 0.983 bits per heavy atom. The monoisotopic (exact) mass is 794 g/mol. The Hall–Kier alpha value is -7.80. The Kier molecular flexibility index (Phi) is 10.8. The second-order valence-corrected chi connectivity index (χ2v) is 13.8. The van der Waals surface area contributed by atoms with Gasteiger partial charge >= 0.3 is 0 Å². The molecule has 7 aromatic carbocycles. The molecule has 0 aromatic heterocycles. The molecule has 0 saturated heterocycles. The number of carbonyl (C=O) groups excluding carboxylic acids is 2. The summed E-state index contributed by atoms with van der Waals surface area (Å²) in [7, 11) is 2.84. The van der Waals surface area contributed by atoms with Gasteiger partial charge in [-0.15, -0.1) is 20.5 Å². The molecule has 12 heteroatoms. The predicted molar refractivity (Wildman–Crippen MR) is 232 cm³/mol. The molecule has 12 nitrogen and oxygen atoms in total. The van der Waals surface area contributed by atoms with E-state index in [2.05, 4.69) is 20.9 Å². The van der Waals surface area contributed by atoms with Crippen molar-refractivity contribution in [2.45, 2.75) is 11.4 Å². The number of allylic oxidation sites excluding steroid dienone is 2. The Morgan fingerprint density at radius 1 is 0.567 bits per heavy atom. The van der Waals surface area contributed by atoms with E-state index < -0.39 is 34.8 Å². The highest BCUT2D eigenvalue weighted by Crippen LogP contribution is 2.47. The van der Waals surface area contributed by atoms with E-state index >= 15 is 0 Å². The van der Waals surface area contributed by atoms with Crippen LogP contribution in [0.4, 0.5) is 22.7 Å². The van der Waals surface area contributed by atoms with Crippen molar-refractivity contribution < 1.29 is 29.3 Å². The van der Waals surface area contributed by atoms with Crippen LogP contribution in [0.15, 0.2) is 190 Å². The third-order valence-corrected chi connectivity index (χ3v) is 10.2. The number of benzene rings is 7. The van der Waals surface area contributed by atoms with E-state index in [1.54, 1.807) is 127 Å². The van der Waals surface area contributed by atoms with Crippen LogP contribution in [0.5, 0.6) is 11.5 Å². The summed E-state index contributed by atoms with van der Waals surface area (Å²) in [4.78, 5) is 27.3. The minimum atomic E-state index is -1.99. The molecule has 0 aliphatic heterocycles. The van der Waals surface area contributed by atoms with Crippen molar-refractivity contribution in [1.82, 2.24) is 0 Å². The third-order valence-electron chi connectivity index (χ3n) is 10.2. The van der Waals surface area contributed by atoms with E-state index in [9.17, 15) is 19.8 Å². The van der Waals surface area contributed by atoms with Gasteiger partial charge in [-0.1, -0.05) is 121 Å². The molecule has 1 aliphatic rings. The average Bonchev–Trinajstić information content (AvgIpc) is 3.29. The number of phenolic OH excluding ortho intramolecular Hbond substituents is 2. The number of rotatable bonds is 11. The molecular weight excluding hydrogens is 757 g/mol. The number of azo groups is 2. The van der Waals surface area contributed by atoms with Crippen LogP contribution in [0.25, 0.3) is 27.1 Å². The predicted octanol–water partition coefficient (Wildman–Crippen LogP) is 11.1. The molecule has 60 heavy (non-hydrogen) atoms. The van der Waals surface area contributed by atoms with Crippen molar-refractivity contribution >= 4 is 61.7 Å². The second kappa shape index (κ2) is 16.6. The summed E-state index contributed by atoms with van der Waals surface area (Å²) >= 11 is 0. The number of ether oxygens (including phenoxy) is 2. The number of anilines is 2. The molecule has 1 aliphatic carbocycles. The molecule has 7 aromatic rings. The van der Waals surface area contributed by atoms with Gasteiger partial charge in [-0.05, 0) is 70.5 Å². The second-order valence-electron chi connectivity index (χ2n) is 13.8. The quantitative estimate of drug-likeness (QED) is 0.0751. The van der Waals surface area contributed by atoms with E-state index in [1.807, 2.05) is 42.5 Å². The highest BCUT2D eigenvalue weighted by Gasteiger charge is 2.54. The number of hydrogen-bond donors (Lipinski definition) is 4. The van der Waals surface area contributed by atoms with Gasteiger partial charge in [-0.3, -0.25) is 9.59 Å². The van der Waals surface area contributed by atoms with Crippen LogP contribution in [0.3, 0.4) is 0 Å². The molecule has 0 fully saturated rings. The third kappa shape index (κ3) is 7.39. The van der Waals surface area contributed by atoms with Crippen molar-refractivity contribution in [3.8, 4) is 11.5 Å². The van der Waals surface area contributed by atoms with Gasteiger partial charge in [0.15, 0.2) is 11.5 Å². The first-order valence-electron chi connectivity index (χ1n) is 18.9. The molecule has 2 amide bonds. The standard InChI is InChI=1S/C48H38N6O6/c1-59-48(60-2)30-34(31-16-6-3-7-17-31)26-27-47(48,53-51-41-37-24-14-12-18-32(37)28-39(43(41)55)45(57)49-35-20-8-4-9-21-35)54-52-42-38-25-15-13-19-33(38)29-40(44(42)56)46(58)50-36-22-10-5-11-23-36/h3-30,55-56H,1-2H3,(H,49,57)(H,50,58). The number of para-hydroxylation sites is 2. The maximum absolute atomic E-state index is 13.7. The van der Waals surface area contributed by atoms with Crippen LogP contribution in [-0.2, 0) is 9.47 Å². The van der Waals surface area contributed by atoms with Crippen LogP contribution in [-0.4, -0.2) is 47.7 Å². The highest BCUT2D eigenvalue weighted by atomic mass is 16.7. The number of methoxy groups -OCH3 is 2. The molecule has 0 spiro atoms. The fourth-order valence-corrected chi connectivity index (χ4v) is 7.09. The lowest BCUT2D eigenvalue weighted by molar-refractivity contribution is -0.202. The van der Waals surface area contributed by atoms with Crippen molar-refractivity contribution in [2.75, 3.05) is 24.9 Å². The lowest BCUT2D eigenvalue weighted by Gasteiger charge is -2.40. The lowest BCUT2D eigenvalue weighted by Crippen LogP contribution is -2.53. The fraction of sp³-hybridized carbons (Fsp3) is 0.0833. The lowest BCUT2D eigenvalue weighted by atomic mass is 9.88. The number of carbonyl (C=O) groups is 2. The van der Waals surface area contributed by atoms with Gasteiger partial charge in [-0.25, -0.2) is 0 Å². The van der Waals surface area contributed by atoms with Crippen molar-refractivity contribution in [2.24, 2.45) is 20.5 Å². The SMILES string of the molecule is COC1(OC)C=C(c2ccccc2)C=CC1(N=Nc1c(O)c(C(=O)Nc2ccccc2)cc2ccccc12)N=Nc1c(O)c(C(=O)Nc2ccccc2)cc2ccccc12. The van der Waals surface area contributed by atoms with Gasteiger partial charge in [0, 0.05) is 36.4 Å². The first kappa shape index (κ1) is 39.0. The van der Waals surface area contributed by atoms with Crippen LogP contribution >= 0.6 is 0 Å². The zero-order valence-electron chi connectivity index (χ0n) is 32.5. The summed E-state index contributed by atoms with van der Waals surface area (Å²) in [6.45, 7) is 0. The molecule has 296 valence electrons. The Labute approximate surface area is 344 Å². The van der Waals surface area contributed by atoms with Gasteiger partial charge in [0.1, 0.15) is 11.4 Å². The van der Waals surface area contributed by atoms with Gasteiger partial charge < -0.3 is 30.3 Å². The van der Waals surface area contributed by atoms with Gasteiger partial charge in [0.2, 0.25) is 5.79 Å². The largest absolute Gasteiger partial charge is 0.505 e. The Morgan fingerprint density at radius 3 is 1.43 bits per heavy atom. The van der Waals surface area contributed by atoms with Gasteiger partial charge in [0.05, 0.1) is 11.1 Å². The molecule has 4 N–H and O–H groups in total. The Bertz CT molecular complexity index is 2700. The molecule has 0 radical (unpaired) electrons. The zero-order valence-corrected chi connectivity index (χ0v) is 32.5. The number of nitrogens with one attached hydrogen (secondary N) is 2. The number of hydrogen-bond acceptors (Lipinski definition) is 10. The minimum Gasteiger partial charge on any atom is -0.505 e. The number of amides is 2. The fourth-order valence-electron chi connectivity index (χ4n) is 7.09. The molecular formula is C48H38N6O6. The molecule has 0 atom stereocenters. The average molecular weight is 795 g/mol. The van der Waals surface area contributed by atoms with E-state index in [4.69, 9.17) is 19.7 Å². The van der Waals surface area contributed by atoms with E-state index in [0.29, 0.717) is 38.5 Å². The Balaban J connectivity index is 1.31. The molecule has 0 saturated carbocycles. The number of phenols is 2. The summed E-state index contributed by atoms with van der Waals surface area (Å²) in [6, 6.07) is 44.7. The van der Waals surface area contributed by atoms with Crippen LogP contribution in [0.1, 0.15) is 26.3 Å². The first-order valence-corrected chi connectivity index (χ1v) is 18.9. The number of nitrogens with zero attached hydrogens (tertiary/aromatic N) is 4. The summed E-state index contributed by atoms with van der Waals surface area (Å²) in [5.74, 6) is -3.82. The molecule has 0 bridgehead atoms. The summed E-state index contributed by atoms with van der Waals surface area (Å²) in [5.41, 5.74) is 0.500. The molecule has 0 heterocycles. The van der Waals surface area contributed by atoms with Crippen LogP contribution in [0, 0.1) is 0 Å². The summed E-state index contributed by atoms with van der Waals surface area (Å²) in [5, 5.41) is 50.3. The van der Waals surface area contributed by atoms with Crippen molar-refractivity contribution in [3.63, 3.8) is 0 Å². The molecule has 8 rings (SSSR count). The maximum atomic E-state index is 13.7. The summed E-state index contributed by atoms with van der Waals surface area (Å²) in [6.07, 6.45) is 5.07. The smallest absolute Gasteiger partial charge is 0.266 e. The van der Waals surface area contributed by atoms with Gasteiger partial charge in [0.25, 0.3) is 17.5 Å². The topological polar surface area (TPSA) is 167 Å². The number of fused-ring (bicyclic) bond motifs is 2. The first-order chi connectivity index (χ1) is 29.2. The molecule has 0 unspecified atom stereocenters. The zero-order chi connectivity index (χ0) is 41.7. The normalized spacial score (nSPS) is 16.0. The van der Waals surface area contributed by atoms with Gasteiger partial charge in [-0.2, -0.15) is 0 Å². The van der Waals surface area contributed by atoms with E-state index in [-0.39, 0.29) is 22.5 Å². The van der Waals surface area contributed by atoms with Crippen LogP contribution < -0.4 is 10.6 Å². The van der Waals surface area contributed by atoms with Crippen molar-refractivity contribution in [1.29, 1.82) is 0 Å². The van der Waals surface area contributed by atoms with Crippen molar-refractivity contribution in [3.05, 3.63) is 187 Å².